The Bertz CT molecular complexity index is 569. The molecule has 1 saturated carbocycles. The third-order valence-electron chi connectivity index (χ3n) is 4.49. The van der Waals surface area contributed by atoms with E-state index in [-0.39, 0.29) is 0 Å². The van der Waals surface area contributed by atoms with Gasteiger partial charge in [-0.15, -0.1) is 0 Å². The number of benzene rings is 1. The Morgan fingerprint density at radius 2 is 2.00 bits per heavy atom. The standard InChI is InChI=1S/C19H32N4O2/c1-14(2)23(16-6-7-16)12-11-22-19(20)21-10-9-15-5-8-17(24-3)18(13-15)25-4/h5,8,13-14,16H,6-7,9-12H2,1-4H3,(H3,20,21,22). The van der Waals surface area contributed by atoms with Gasteiger partial charge in [0.1, 0.15) is 0 Å². The van der Waals surface area contributed by atoms with Crippen molar-refractivity contribution in [3.05, 3.63) is 23.8 Å². The zero-order valence-electron chi connectivity index (χ0n) is 15.9. The molecule has 0 radical (unpaired) electrons. The van der Waals surface area contributed by atoms with Crippen LogP contribution in [-0.2, 0) is 6.42 Å². The van der Waals surface area contributed by atoms with Gasteiger partial charge in [-0.1, -0.05) is 6.07 Å². The number of guanidine groups is 1. The summed E-state index contributed by atoms with van der Waals surface area (Å²) in [6.45, 7) is 6.94. The Morgan fingerprint density at radius 1 is 1.28 bits per heavy atom. The fraction of sp³-hybridized carbons (Fsp3) is 0.632. The number of methoxy groups -OCH3 is 2. The highest BCUT2D eigenvalue weighted by molar-refractivity contribution is 5.77. The second kappa shape index (κ2) is 9.51. The van der Waals surface area contributed by atoms with Crippen molar-refractivity contribution >= 4 is 5.96 Å². The number of aliphatic imine (C=N–C) groups is 1. The van der Waals surface area contributed by atoms with E-state index in [1.807, 2.05) is 18.2 Å². The van der Waals surface area contributed by atoms with Gasteiger partial charge in [0, 0.05) is 25.2 Å². The number of ether oxygens (including phenoxy) is 2. The van der Waals surface area contributed by atoms with E-state index in [2.05, 4.69) is 29.1 Å². The van der Waals surface area contributed by atoms with Gasteiger partial charge >= 0.3 is 0 Å². The van der Waals surface area contributed by atoms with Crippen LogP contribution in [0.5, 0.6) is 11.5 Å². The van der Waals surface area contributed by atoms with E-state index in [0.717, 1.165) is 49.2 Å². The lowest BCUT2D eigenvalue weighted by Crippen LogP contribution is -2.37. The lowest BCUT2D eigenvalue weighted by atomic mass is 10.1. The molecule has 1 aliphatic carbocycles. The fourth-order valence-corrected chi connectivity index (χ4v) is 2.98. The van der Waals surface area contributed by atoms with Crippen LogP contribution in [0.15, 0.2) is 23.2 Å². The van der Waals surface area contributed by atoms with Crippen molar-refractivity contribution in [3.63, 3.8) is 0 Å². The Hall–Kier alpha value is -1.95. The second-order valence-corrected chi connectivity index (χ2v) is 6.70. The first-order valence-electron chi connectivity index (χ1n) is 9.05. The molecule has 0 saturated heterocycles. The number of hydrogen-bond acceptors (Lipinski definition) is 4. The van der Waals surface area contributed by atoms with Gasteiger partial charge in [0.25, 0.3) is 0 Å². The summed E-state index contributed by atoms with van der Waals surface area (Å²) < 4.78 is 10.6. The maximum Gasteiger partial charge on any atom is 0.188 e. The van der Waals surface area contributed by atoms with Crippen LogP contribution in [0, 0.1) is 0 Å². The molecule has 1 aromatic carbocycles. The molecule has 6 nitrogen and oxygen atoms in total. The van der Waals surface area contributed by atoms with Gasteiger partial charge in [-0.3, -0.25) is 9.89 Å². The lowest BCUT2D eigenvalue weighted by Gasteiger charge is -2.25. The molecule has 0 heterocycles. The van der Waals surface area contributed by atoms with Crippen molar-refractivity contribution in [2.75, 3.05) is 33.9 Å². The number of rotatable bonds is 10. The first kappa shape index (κ1) is 19.4. The average molecular weight is 348 g/mol. The van der Waals surface area contributed by atoms with E-state index in [1.54, 1.807) is 14.2 Å². The number of hydrogen-bond donors (Lipinski definition) is 2. The highest BCUT2D eigenvalue weighted by Gasteiger charge is 2.29. The number of nitrogens with two attached hydrogens (primary N) is 1. The smallest absolute Gasteiger partial charge is 0.188 e. The molecule has 1 aromatic rings. The normalized spacial score (nSPS) is 14.9. The summed E-state index contributed by atoms with van der Waals surface area (Å²) in [6.07, 6.45) is 3.48. The van der Waals surface area contributed by atoms with Crippen LogP contribution in [0.3, 0.4) is 0 Å². The van der Waals surface area contributed by atoms with Crippen LogP contribution in [0.25, 0.3) is 0 Å². The first-order chi connectivity index (χ1) is 12.0. The minimum Gasteiger partial charge on any atom is -0.493 e. The topological polar surface area (TPSA) is 72.1 Å². The van der Waals surface area contributed by atoms with E-state index in [0.29, 0.717) is 12.0 Å². The van der Waals surface area contributed by atoms with Crippen molar-refractivity contribution in [1.29, 1.82) is 0 Å². The predicted octanol–water partition coefficient (Wildman–Crippen LogP) is 2.02. The summed E-state index contributed by atoms with van der Waals surface area (Å²) in [7, 11) is 3.28. The predicted molar refractivity (Wildman–Crippen MR) is 103 cm³/mol. The first-order valence-corrected chi connectivity index (χ1v) is 9.05. The van der Waals surface area contributed by atoms with E-state index in [1.165, 1.54) is 12.8 Å². The van der Waals surface area contributed by atoms with Gasteiger partial charge < -0.3 is 20.5 Å². The Morgan fingerprint density at radius 3 is 2.60 bits per heavy atom. The van der Waals surface area contributed by atoms with Gasteiger partial charge in [0.05, 0.1) is 20.8 Å². The van der Waals surface area contributed by atoms with E-state index in [4.69, 9.17) is 15.2 Å². The summed E-state index contributed by atoms with van der Waals surface area (Å²) in [5, 5.41) is 3.18. The maximum absolute atomic E-state index is 5.97. The van der Waals surface area contributed by atoms with Gasteiger partial charge in [-0.25, -0.2) is 0 Å². The van der Waals surface area contributed by atoms with Crippen molar-refractivity contribution in [2.45, 2.75) is 45.2 Å². The summed E-state index contributed by atoms with van der Waals surface area (Å²) in [4.78, 5) is 6.96. The molecule has 1 aliphatic rings. The summed E-state index contributed by atoms with van der Waals surface area (Å²) in [5.74, 6) is 2.00. The highest BCUT2D eigenvalue weighted by Crippen LogP contribution is 2.28. The molecule has 0 unspecified atom stereocenters. The SMILES string of the molecule is COc1ccc(CCNC(N)=NCCN(C(C)C)C2CC2)cc1OC. The van der Waals surface area contributed by atoms with Crippen LogP contribution in [0.4, 0.5) is 0 Å². The molecule has 6 heteroatoms. The Balaban J connectivity index is 1.73. The summed E-state index contributed by atoms with van der Waals surface area (Å²) >= 11 is 0. The molecule has 0 atom stereocenters. The van der Waals surface area contributed by atoms with Gasteiger partial charge in [-0.2, -0.15) is 0 Å². The summed E-state index contributed by atoms with van der Waals surface area (Å²) in [6, 6.07) is 7.27. The monoisotopic (exact) mass is 348 g/mol. The molecule has 3 N–H and O–H groups in total. The molecule has 0 aromatic heterocycles. The Kier molecular flexibility index (Phi) is 7.37. The van der Waals surface area contributed by atoms with Crippen LogP contribution < -0.4 is 20.5 Å². The van der Waals surface area contributed by atoms with Gasteiger partial charge in [0.2, 0.25) is 0 Å². The van der Waals surface area contributed by atoms with Gasteiger partial charge in [-0.05, 0) is 50.8 Å². The zero-order valence-corrected chi connectivity index (χ0v) is 15.9. The van der Waals surface area contributed by atoms with E-state index < -0.39 is 0 Å². The number of nitrogens with one attached hydrogen (secondary N) is 1. The van der Waals surface area contributed by atoms with Crippen molar-refractivity contribution in [2.24, 2.45) is 10.7 Å². The van der Waals surface area contributed by atoms with Gasteiger partial charge in [0.15, 0.2) is 17.5 Å². The fourth-order valence-electron chi connectivity index (χ4n) is 2.98. The quantitative estimate of drug-likeness (QED) is 0.500. The molecule has 0 spiro atoms. The molecule has 0 bridgehead atoms. The maximum atomic E-state index is 5.97. The van der Waals surface area contributed by atoms with Crippen molar-refractivity contribution < 1.29 is 9.47 Å². The lowest BCUT2D eigenvalue weighted by molar-refractivity contribution is 0.218. The van der Waals surface area contributed by atoms with E-state index >= 15 is 0 Å². The molecule has 1 fully saturated rings. The van der Waals surface area contributed by atoms with Crippen LogP contribution >= 0.6 is 0 Å². The van der Waals surface area contributed by atoms with E-state index in [9.17, 15) is 0 Å². The zero-order chi connectivity index (χ0) is 18.2. The minimum absolute atomic E-state index is 0.514. The van der Waals surface area contributed by atoms with Crippen LogP contribution in [0.2, 0.25) is 0 Å². The second-order valence-electron chi connectivity index (χ2n) is 6.70. The van der Waals surface area contributed by atoms with Crippen LogP contribution in [0.1, 0.15) is 32.3 Å². The minimum atomic E-state index is 0.514. The molecule has 0 aliphatic heterocycles. The third kappa shape index (κ3) is 6.12. The molecule has 0 amide bonds. The third-order valence-corrected chi connectivity index (χ3v) is 4.49. The number of nitrogens with zero attached hydrogens (tertiary/aromatic N) is 2. The van der Waals surface area contributed by atoms with Crippen molar-refractivity contribution in [1.82, 2.24) is 10.2 Å². The summed E-state index contributed by atoms with van der Waals surface area (Å²) in [5.41, 5.74) is 7.13. The van der Waals surface area contributed by atoms with Crippen molar-refractivity contribution in [3.8, 4) is 11.5 Å². The van der Waals surface area contributed by atoms with Crippen LogP contribution in [-0.4, -0.2) is 56.8 Å². The average Bonchev–Trinajstić information content (AvgIpc) is 3.43. The highest BCUT2D eigenvalue weighted by atomic mass is 16.5. The molecule has 2 rings (SSSR count). The molecular weight excluding hydrogens is 316 g/mol. The molecule has 25 heavy (non-hydrogen) atoms. The molecular formula is C19H32N4O2. The molecule has 140 valence electrons. The largest absolute Gasteiger partial charge is 0.493 e. The Labute approximate surface area is 151 Å².